The summed E-state index contributed by atoms with van der Waals surface area (Å²) in [5, 5.41) is 14.6. The maximum absolute atomic E-state index is 13.9. The number of carbonyl (C=O) groups excluding carboxylic acids is 1. The van der Waals surface area contributed by atoms with Crippen LogP contribution < -0.4 is 5.32 Å². The number of nitrogens with zero attached hydrogens (tertiary/aromatic N) is 1. The zero-order valence-corrected chi connectivity index (χ0v) is 22.0. The van der Waals surface area contributed by atoms with Crippen LogP contribution in [0.4, 0.5) is 0 Å². The Bertz CT molecular complexity index is 1100. The van der Waals surface area contributed by atoms with Crippen LogP contribution in [0.3, 0.4) is 0 Å². The van der Waals surface area contributed by atoms with Crippen LogP contribution in [0.25, 0.3) is 0 Å². The van der Waals surface area contributed by atoms with Gasteiger partial charge in [0.15, 0.2) is 0 Å². The lowest BCUT2D eigenvalue weighted by Crippen LogP contribution is -2.57. The molecule has 0 bridgehead atoms. The minimum Gasteiger partial charge on any atom is -0.481 e. The largest absolute Gasteiger partial charge is 0.481 e. The first-order chi connectivity index (χ1) is 17.3. The van der Waals surface area contributed by atoms with Crippen LogP contribution in [-0.2, 0) is 9.59 Å². The molecule has 2 aliphatic heterocycles. The Morgan fingerprint density at radius 3 is 2.44 bits per heavy atom. The predicted molar refractivity (Wildman–Crippen MR) is 143 cm³/mol. The van der Waals surface area contributed by atoms with E-state index in [1.54, 1.807) is 0 Å². The highest BCUT2D eigenvalue weighted by atomic mass is 35.5. The lowest BCUT2D eigenvalue weighted by atomic mass is 9.63. The molecule has 2 saturated heterocycles. The van der Waals surface area contributed by atoms with E-state index >= 15 is 0 Å². The van der Waals surface area contributed by atoms with Gasteiger partial charge in [0.05, 0.1) is 11.8 Å². The Kier molecular flexibility index (Phi) is 7.62. The number of nitrogens with one attached hydrogen (secondary N) is 1. The fraction of sp³-hybridized carbons (Fsp3) is 0.517. The van der Waals surface area contributed by atoms with Gasteiger partial charge >= 0.3 is 5.97 Å². The fourth-order valence-electron chi connectivity index (χ4n) is 6.49. The topological polar surface area (TPSA) is 69.6 Å². The maximum Gasteiger partial charge on any atom is 0.304 e. The van der Waals surface area contributed by atoms with E-state index in [1.807, 2.05) is 30.3 Å². The maximum atomic E-state index is 13.9. The van der Waals surface area contributed by atoms with E-state index < -0.39 is 11.4 Å². The fourth-order valence-corrected chi connectivity index (χ4v) is 6.81. The molecule has 36 heavy (non-hydrogen) atoms. The van der Waals surface area contributed by atoms with Crippen molar-refractivity contribution in [1.82, 2.24) is 10.2 Å². The van der Waals surface area contributed by atoms with Gasteiger partial charge in [0.25, 0.3) is 0 Å². The summed E-state index contributed by atoms with van der Waals surface area (Å²) in [6.07, 6.45) is 5.45. The van der Waals surface area contributed by atoms with Crippen LogP contribution in [0.5, 0.6) is 0 Å². The summed E-state index contributed by atoms with van der Waals surface area (Å²) in [4.78, 5) is 28.3. The van der Waals surface area contributed by atoms with Gasteiger partial charge in [0.2, 0.25) is 5.91 Å². The number of aliphatic carboxylic acids is 1. The van der Waals surface area contributed by atoms with E-state index in [4.69, 9.17) is 23.2 Å². The number of carboxylic acid groups (broad SMARTS) is 1. The number of likely N-dealkylation sites (tertiary alicyclic amines) is 1. The van der Waals surface area contributed by atoms with Gasteiger partial charge < -0.3 is 15.3 Å². The molecule has 1 amide bonds. The van der Waals surface area contributed by atoms with Crippen LogP contribution >= 0.6 is 23.2 Å². The number of halogens is 2. The molecule has 192 valence electrons. The average molecular weight is 530 g/mol. The molecule has 0 radical (unpaired) electrons. The molecule has 3 aliphatic rings. The van der Waals surface area contributed by atoms with Crippen LogP contribution in [0, 0.1) is 11.3 Å². The predicted octanol–water partition coefficient (Wildman–Crippen LogP) is 6.11. The lowest BCUT2D eigenvalue weighted by Gasteiger charge is -2.47. The second-order valence-electron chi connectivity index (χ2n) is 10.9. The first-order valence-electron chi connectivity index (χ1n) is 13.1. The number of benzene rings is 2. The third-order valence-corrected chi connectivity index (χ3v) is 8.95. The minimum absolute atomic E-state index is 0.0411. The Morgan fingerprint density at radius 1 is 1.08 bits per heavy atom. The Balaban J connectivity index is 1.52. The van der Waals surface area contributed by atoms with Gasteiger partial charge in [-0.1, -0.05) is 47.5 Å². The molecule has 5 nitrogen and oxygen atoms in total. The second-order valence-corrected chi connectivity index (χ2v) is 11.8. The van der Waals surface area contributed by atoms with E-state index in [0.29, 0.717) is 28.8 Å². The van der Waals surface area contributed by atoms with Gasteiger partial charge in [0.1, 0.15) is 0 Å². The minimum atomic E-state index is -0.952. The number of carbonyl (C=O) groups is 2. The molecule has 2 heterocycles. The Hall–Kier alpha value is -2.08. The second kappa shape index (κ2) is 10.7. The van der Waals surface area contributed by atoms with Crippen LogP contribution in [-0.4, -0.2) is 47.6 Å². The number of piperidine rings is 1. The van der Waals surface area contributed by atoms with Crippen molar-refractivity contribution in [2.75, 3.05) is 19.6 Å². The van der Waals surface area contributed by atoms with Crippen molar-refractivity contribution in [2.45, 2.75) is 62.8 Å². The highest BCUT2D eigenvalue weighted by Gasteiger charge is 2.52. The molecule has 0 aromatic heterocycles. The average Bonchev–Trinajstić information content (AvgIpc) is 3.53. The van der Waals surface area contributed by atoms with Crippen molar-refractivity contribution in [1.29, 1.82) is 0 Å². The van der Waals surface area contributed by atoms with E-state index in [0.717, 1.165) is 50.9 Å². The summed E-state index contributed by atoms with van der Waals surface area (Å²) in [7, 11) is 0. The number of amides is 1. The first kappa shape index (κ1) is 25.6. The molecule has 0 spiro atoms. The summed E-state index contributed by atoms with van der Waals surface area (Å²) in [5.41, 5.74) is 1.27. The molecule has 1 unspecified atom stereocenters. The quantitative estimate of drug-likeness (QED) is 0.412. The summed E-state index contributed by atoms with van der Waals surface area (Å²) in [6.45, 7) is 2.79. The zero-order chi connectivity index (χ0) is 25.3. The molecule has 1 saturated carbocycles. The van der Waals surface area contributed by atoms with Crippen LogP contribution in [0.1, 0.15) is 67.9 Å². The lowest BCUT2D eigenvalue weighted by molar-refractivity contribution is -0.149. The van der Waals surface area contributed by atoms with Crippen molar-refractivity contribution >= 4 is 35.1 Å². The smallest absolute Gasteiger partial charge is 0.304 e. The molecule has 2 aromatic rings. The van der Waals surface area contributed by atoms with Crippen molar-refractivity contribution < 1.29 is 14.7 Å². The Morgan fingerprint density at radius 2 is 1.81 bits per heavy atom. The van der Waals surface area contributed by atoms with E-state index in [1.165, 1.54) is 5.56 Å². The zero-order valence-electron chi connectivity index (χ0n) is 20.5. The summed E-state index contributed by atoms with van der Waals surface area (Å²) < 4.78 is 0. The number of carboxylic acids is 1. The van der Waals surface area contributed by atoms with Gasteiger partial charge in [-0.15, -0.1) is 0 Å². The van der Waals surface area contributed by atoms with Gasteiger partial charge in [-0.25, -0.2) is 0 Å². The highest BCUT2D eigenvalue weighted by Crippen LogP contribution is 2.53. The summed E-state index contributed by atoms with van der Waals surface area (Å²) in [6, 6.07) is 15.7. The van der Waals surface area contributed by atoms with E-state index in [9.17, 15) is 14.7 Å². The SMILES string of the molecule is O=C(O)C[C@]1(CCN2CCCC2)C[C@H](c2cccc(Cl)c2)[C@@H](C(c2ccc(Cl)cc2)C2CC2)NC1=O. The van der Waals surface area contributed by atoms with Crippen molar-refractivity contribution in [3.63, 3.8) is 0 Å². The third-order valence-electron chi connectivity index (χ3n) is 8.47. The number of hydrogen-bond donors (Lipinski definition) is 2. The van der Waals surface area contributed by atoms with Gasteiger partial charge in [0, 0.05) is 27.9 Å². The molecule has 2 aromatic carbocycles. The molecule has 7 heteroatoms. The molecular weight excluding hydrogens is 495 g/mol. The molecular formula is C29H34Cl2N2O3. The van der Waals surface area contributed by atoms with Crippen molar-refractivity contribution in [3.05, 3.63) is 69.7 Å². The van der Waals surface area contributed by atoms with Crippen LogP contribution in [0.15, 0.2) is 48.5 Å². The molecule has 2 N–H and O–H groups in total. The van der Waals surface area contributed by atoms with E-state index in [2.05, 4.69) is 28.4 Å². The molecule has 3 fully saturated rings. The monoisotopic (exact) mass is 528 g/mol. The van der Waals surface area contributed by atoms with Gasteiger partial charge in [-0.3, -0.25) is 9.59 Å². The first-order valence-corrected chi connectivity index (χ1v) is 13.9. The van der Waals surface area contributed by atoms with Gasteiger partial charge in [-0.2, -0.15) is 0 Å². The number of rotatable bonds is 9. The Labute approximate surface area is 223 Å². The van der Waals surface area contributed by atoms with Crippen LogP contribution in [0.2, 0.25) is 10.0 Å². The standard InChI is InChI=1S/C29H34Cl2N2O3/c30-22-10-8-20(9-11-22)26(19-6-7-19)27-24(21-4-3-5-23(31)16-21)17-29(18-25(34)35,28(36)32-27)12-15-33-13-1-2-14-33/h3-5,8-11,16,19,24,26-27H,1-2,6-7,12-15,17-18H2,(H,32,36)(H,34,35)/t24-,26?,27+,29+/m1/s1. The normalized spacial score (nSPS) is 27.6. The number of hydrogen-bond acceptors (Lipinski definition) is 3. The summed E-state index contributed by atoms with van der Waals surface area (Å²) in [5.74, 6) is -0.467. The molecule has 5 rings (SSSR count). The van der Waals surface area contributed by atoms with Crippen molar-refractivity contribution in [3.8, 4) is 0 Å². The molecule has 4 atom stereocenters. The van der Waals surface area contributed by atoms with E-state index in [-0.39, 0.29) is 30.2 Å². The highest BCUT2D eigenvalue weighted by molar-refractivity contribution is 6.30. The van der Waals surface area contributed by atoms with Gasteiger partial charge in [-0.05, 0) is 99.5 Å². The molecule has 1 aliphatic carbocycles. The summed E-state index contributed by atoms with van der Waals surface area (Å²) >= 11 is 12.6. The third kappa shape index (κ3) is 5.58. The van der Waals surface area contributed by atoms with Crippen molar-refractivity contribution in [2.24, 2.45) is 11.3 Å².